The lowest BCUT2D eigenvalue weighted by molar-refractivity contribution is 0.349. The van der Waals surface area contributed by atoms with Crippen LogP contribution in [-0.4, -0.2) is 32.0 Å². The lowest BCUT2D eigenvalue weighted by Gasteiger charge is -2.27. The van der Waals surface area contributed by atoms with Crippen LogP contribution in [0.5, 0.6) is 11.5 Å². The van der Waals surface area contributed by atoms with Crippen LogP contribution in [-0.2, 0) is 25.8 Å². The summed E-state index contributed by atoms with van der Waals surface area (Å²) in [6, 6.07) is 6.51. The number of hydrogen-bond acceptors (Lipinski definition) is 5. The zero-order valence-corrected chi connectivity index (χ0v) is 16.6. The van der Waals surface area contributed by atoms with Crippen LogP contribution in [0.3, 0.4) is 0 Å². The van der Waals surface area contributed by atoms with E-state index in [1.807, 2.05) is 6.34 Å². The van der Waals surface area contributed by atoms with Gasteiger partial charge in [0.15, 0.2) is 11.5 Å². The Morgan fingerprint density at radius 1 is 1.11 bits per heavy atom. The lowest BCUT2D eigenvalue weighted by Crippen LogP contribution is -2.29. The summed E-state index contributed by atoms with van der Waals surface area (Å²) in [5.41, 5.74) is 4.55. The van der Waals surface area contributed by atoms with Gasteiger partial charge in [-0.2, -0.15) is 5.26 Å². The highest BCUT2D eigenvalue weighted by atomic mass is 32.1. The summed E-state index contributed by atoms with van der Waals surface area (Å²) in [5, 5.41) is 10.4. The largest absolute Gasteiger partial charge is 0.493 e. The van der Waals surface area contributed by atoms with Crippen LogP contribution in [0, 0.1) is 11.3 Å². The summed E-state index contributed by atoms with van der Waals surface area (Å²) >= 11 is 1.69. The molecule has 140 valence electrons. The maximum atomic E-state index is 9.58. The Bertz CT molecular complexity index is 926. The number of methoxy groups -OCH3 is 2. The third-order valence-corrected chi connectivity index (χ3v) is 6.55. The Morgan fingerprint density at radius 3 is 2.59 bits per heavy atom. The summed E-state index contributed by atoms with van der Waals surface area (Å²) in [6.45, 7) is 1.69. The molecule has 0 atom stereocenters. The summed E-state index contributed by atoms with van der Waals surface area (Å²) in [7, 11) is 3.33. The maximum Gasteiger partial charge on any atom is 0.161 e. The smallest absolute Gasteiger partial charge is 0.161 e. The van der Waals surface area contributed by atoms with Crippen LogP contribution in [0.1, 0.15) is 40.0 Å². The summed E-state index contributed by atoms with van der Waals surface area (Å²) in [5.74, 6) is 1.54. The van der Waals surface area contributed by atoms with Crippen LogP contribution in [0.15, 0.2) is 17.1 Å². The first-order valence-electron chi connectivity index (χ1n) is 9.30. The normalized spacial score (nSPS) is 16.0. The van der Waals surface area contributed by atoms with Gasteiger partial charge in [0.1, 0.15) is 11.1 Å². The molecule has 1 aliphatic heterocycles. The molecule has 27 heavy (non-hydrogen) atoms. The molecular formula is C21H23N3O2S. The van der Waals surface area contributed by atoms with Crippen molar-refractivity contribution < 1.29 is 9.47 Å². The van der Waals surface area contributed by atoms with E-state index in [2.05, 4.69) is 23.1 Å². The maximum absolute atomic E-state index is 9.58. The van der Waals surface area contributed by atoms with Crippen LogP contribution < -0.4 is 9.47 Å². The predicted molar refractivity (Wildman–Crippen MR) is 107 cm³/mol. The topological polar surface area (TPSA) is 57.9 Å². The molecule has 2 aromatic rings. The first-order chi connectivity index (χ1) is 13.2. The highest BCUT2D eigenvalue weighted by molar-refractivity contribution is 7.16. The molecule has 0 amide bonds. The quantitative estimate of drug-likeness (QED) is 0.587. The van der Waals surface area contributed by atoms with Gasteiger partial charge in [-0.05, 0) is 60.9 Å². The van der Waals surface area contributed by atoms with Gasteiger partial charge in [0.05, 0.1) is 26.1 Å². The number of nitriles is 1. The minimum atomic E-state index is 0.757. The van der Waals surface area contributed by atoms with Crippen LogP contribution >= 0.6 is 11.3 Å². The van der Waals surface area contributed by atoms with Crippen LogP contribution in [0.2, 0.25) is 0 Å². The van der Waals surface area contributed by atoms with Crippen molar-refractivity contribution in [2.45, 2.75) is 38.6 Å². The molecule has 0 radical (unpaired) electrons. The highest BCUT2D eigenvalue weighted by Crippen LogP contribution is 2.39. The average Bonchev–Trinajstić information content (AvgIpc) is 3.08. The van der Waals surface area contributed by atoms with E-state index in [-0.39, 0.29) is 0 Å². The van der Waals surface area contributed by atoms with Gasteiger partial charge < -0.3 is 14.4 Å². The minimum absolute atomic E-state index is 0.757. The summed E-state index contributed by atoms with van der Waals surface area (Å²) in [4.78, 5) is 8.25. The Hall–Kier alpha value is -2.52. The van der Waals surface area contributed by atoms with E-state index in [4.69, 9.17) is 14.5 Å². The SMILES string of the molecule is COc1cc2c(cc1OC)CN(/C=N/c1sc3c(c1C#N)CCCC3)CC2. The molecule has 4 rings (SSSR count). The van der Waals surface area contributed by atoms with Crippen molar-refractivity contribution in [1.82, 2.24) is 4.90 Å². The molecular weight excluding hydrogens is 358 g/mol. The number of fused-ring (bicyclic) bond motifs is 2. The monoisotopic (exact) mass is 381 g/mol. The van der Waals surface area contributed by atoms with Crippen molar-refractivity contribution in [1.29, 1.82) is 5.26 Å². The third-order valence-electron chi connectivity index (χ3n) is 5.35. The van der Waals surface area contributed by atoms with Crippen molar-refractivity contribution in [3.63, 3.8) is 0 Å². The van der Waals surface area contributed by atoms with Gasteiger partial charge in [-0.3, -0.25) is 0 Å². The van der Waals surface area contributed by atoms with Gasteiger partial charge in [0.25, 0.3) is 0 Å². The molecule has 0 N–H and O–H groups in total. The summed E-state index contributed by atoms with van der Waals surface area (Å²) in [6.07, 6.45) is 7.34. The second kappa shape index (κ2) is 7.61. The van der Waals surface area contributed by atoms with Gasteiger partial charge in [-0.25, -0.2) is 4.99 Å². The van der Waals surface area contributed by atoms with Gasteiger partial charge >= 0.3 is 0 Å². The molecule has 0 unspecified atom stereocenters. The second-order valence-corrected chi connectivity index (χ2v) is 8.03. The zero-order chi connectivity index (χ0) is 18.8. The highest BCUT2D eigenvalue weighted by Gasteiger charge is 2.21. The van der Waals surface area contributed by atoms with E-state index in [0.717, 1.165) is 54.4 Å². The van der Waals surface area contributed by atoms with Gasteiger partial charge in [0, 0.05) is 18.0 Å². The molecule has 0 fully saturated rings. The Labute approximate surface area is 163 Å². The van der Waals surface area contributed by atoms with Crippen molar-refractivity contribution >= 4 is 22.7 Å². The predicted octanol–water partition coefficient (Wildman–Crippen LogP) is 4.23. The zero-order valence-electron chi connectivity index (χ0n) is 15.7. The first-order valence-corrected chi connectivity index (χ1v) is 10.1. The molecule has 5 nitrogen and oxygen atoms in total. The molecule has 0 spiro atoms. The third kappa shape index (κ3) is 3.40. The molecule has 2 heterocycles. The number of rotatable bonds is 4. The molecule has 1 aromatic carbocycles. The van der Waals surface area contributed by atoms with Gasteiger partial charge in [0.2, 0.25) is 0 Å². The number of nitrogens with zero attached hydrogens (tertiary/aromatic N) is 3. The fourth-order valence-electron chi connectivity index (χ4n) is 3.90. The van der Waals surface area contributed by atoms with Crippen molar-refractivity contribution in [2.24, 2.45) is 4.99 Å². The number of aliphatic imine (C=N–C) groups is 1. The Kier molecular flexibility index (Phi) is 5.04. The van der Waals surface area contributed by atoms with Crippen molar-refractivity contribution in [3.8, 4) is 17.6 Å². The molecule has 6 heteroatoms. The van der Waals surface area contributed by atoms with E-state index in [0.29, 0.717) is 0 Å². The molecule has 0 saturated carbocycles. The standard InChI is InChI=1S/C21H23N3O2S/c1-25-18-9-14-7-8-24(12-15(14)10-19(18)26-2)13-23-21-17(11-22)16-5-3-4-6-20(16)27-21/h9-10,13H,3-8,12H2,1-2H3/b23-13+. The van der Waals surface area contributed by atoms with E-state index >= 15 is 0 Å². The fourth-order valence-corrected chi connectivity index (χ4v) is 5.07. The second-order valence-electron chi connectivity index (χ2n) is 6.94. The molecule has 0 bridgehead atoms. The number of ether oxygens (including phenoxy) is 2. The van der Waals surface area contributed by atoms with Crippen molar-refractivity contribution in [2.75, 3.05) is 20.8 Å². The van der Waals surface area contributed by atoms with Crippen LogP contribution in [0.4, 0.5) is 5.00 Å². The van der Waals surface area contributed by atoms with Crippen molar-refractivity contribution in [3.05, 3.63) is 39.3 Å². The van der Waals surface area contributed by atoms with Gasteiger partial charge in [-0.1, -0.05) is 0 Å². The Balaban J connectivity index is 1.55. The summed E-state index contributed by atoms with van der Waals surface area (Å²) < 4.78 is 10.8. The molecule has 1 aliphatic carbocycles. The van der Waals surface area contributed by atoms with E-state index < -0.39 is 0 Å². The van der Waals surface area contributed by atoms with E-state index in [1.54, 1.807) is 25.6 Å². The molecule has 2 aliphatic rings. The first kappa shape index (κ1) is 17.9. The minimum Gasteiger partial charge on any atom is -0.493 e. The number of hydrogen-bond donors (Lipinski definition) is 0. The van der Waals surface area contributed by atoms with Crippen LogP contribution in [0.25, 0.3) is 0 Å². The van der Waals surface area contributed by atoms with Gasteiger partial charge in [-0.15, -0.1) is 11.3 Å². The number of thiophene rings is 1. The molecule has 1 aromatic heterocycles. The number of aryl methyl sites for hydroxylation is 1. The lowest BCUT2D eigenvalue weighted by atomic mass is 9.96. The fraction of sp³-hybridized carbons (Fsp3) is 0.429. The Morgan fingerprint density at radius 2 is 1.85 bits per heavy atom. The van der Waals surface area contributed by atoms with E-state index in [9.17, 15) is 5.26 Å². The average molecular weight is 382 g/mol. The molecule has 0 saturated heterocycles. The number of benzene rings is 1. The van der Waals surface area contributed by atoms with E-state index in [1.165, 1.54) is 34.4 Å².